The highest BCUT2D eigenvalue weighted by atomic mass is 16.3. The van der Waals surface area contributed by atoms with Crippen LogP contribution in [0.1, 0.15) is 71.6 Å². The van der Waals surface area contributed by atoms with Crippen LogP contribution in [0, 0.1) is 5.92 Å². The standard InChI is InChI=1S/C32H35N7O6/c1-18(2)25-29(42)35-23(16-19-10-4-3-5-11-19)31-36-24(17-45-31)27(40)33-15-9-8-14-22(28(41)38-25)34-30(43)26-20-12-6-7-13-21(20)37-32(44)39-26/h3-7,10-13,17-18,22-23,25H,8-9,14-16H2,1-2H3,(H,33,40)(H,34,43)(H,35,42)(H,38,41)(H,37,39,44)/t22-,23+,25-/m0/s1. The summed E-state index contributed by atoms with van der Waals surface area (Å²) in [5.74, 6) is -2.36. The number of carbonyl (C=O) groups is 4. The van der Waals surface area contributed by atoms with E-state index in [0.717, 1.165) is 5.56 Å². The number of carbonyl (C=O) groups excluding carboxylic acids is 4. The second-order valence-electron chi connectivity index (χ2n) is 11.3. The van der Waals surface area contributed by atoms with Crippen molar-refractivity contribution in [3.63, 3.8) is 0 Å². The van der Waals surface area contributed by atoms with Crippen LogP contribution in [-0.2, 0) is 16.0 Å². The number of fused-ring (bicyclic) bond motifs is 3. The lowest BCUT2D eigenvalue weighted by molar-refractivity contribution is -0.131. The van der Waals surface area contributed by atoms with Gasteiger partial charge in [0, 0.05) is 18.4 Å². The number of para-hydroxylation sites is 1. The van der Waals surface area contributed by atoms with E-state index in [0.29, 0.717) is 36.7 Å². The van der Waals surface area contributed by atoms with Gasteiger partial charge in [0.15, 0.2) is 5.69 Å². The molecule has 3 atom stereocenters. The lowest BCUT2D eigenvalue weighted by Gasteiger charge is -2.27. The van der Waals surface area contributed by atoms with Crippen molar-refractivity contribution < 1.29 is 23.6 Å². The van der Waals surface area contributed by atoms with Crippen LogP contribution in [0.5, 0.6) is 0 Å². The molecule has 3 heterocycles. The Morgan fingerprint density at radius 1 is 0.956 bits per heavy atom. The summed E-state index contributed by atoms with van der Waals surface area (Å²) < 4.78 is 5.65. The summed E-state index contributed by atoms with van der Waals surface area (Å²) in [6.07, 6.45) is 2.72. The second kappa shape index (κ2) is 14.0. The summed E-state index contributed by atoms with van der Waals surface area (Å²) >= 11 is 0. The molecular weight excluding hydrogens is 578 g/mol. The van der Waals surface area contributed by atoms with Crippen molar-refractivity contribution in [1.29, 1.82) is 0 Å². The Morgan fingerprint density at radius 3 is 2.49 bits per heavy atom. The van der Waals surface area contributed by atoms with E-state index in [2.05, 4.69) is 36.2 Å². The number of aromatic nitrogens is 3. The highest BCUT2D eigenvalue weighted by Gasteiger charge is 2.32. The number of hydrogen-bond acceptors (Lipinski definition) is 8. The molecule has 0 radical (unpaired) electrons. The molecule has 0 saturated heterocycles. The van der Waals surface area contributed by atoms with Gasteiger partial charge in [0.2, 0.25) is 17.7 Å². The van der Waals surface area contributed by atoms with Gasteiger partial charge in [-0.1, -0.05) is 62.4 Å². The molecule has 0 aliphatic carbocycles. The number of nitrogens with one attached hydrogen (secondary N) is 5. The fraction of sp³-hybridized carbons (Fsp3) is 0.344. The Bertz CT molecular complexity index is 1750. The van der Waals surface area contributed by atoms with Crippen LogP contribution in [0.2, 0.25) is 0 Å². The van der Waals surface area contributed by atoms with Gasteiger partial charge in [0.25, 0.3) is 11.8 Å². The normalized spacial score (nSPS) is 19.9. The minimum Gasteiger partial charge on any atom is -0.446 e. The maximum Gasteiger partial charge on any atom is 0.346 e. The summed E-state index contributed by atoms with van der Waals surface area (Å²) in [4.78, 5) is 76.6. The van der Waals surface area contributed by atoms with Gasteiger partial charge >= 0.3 is 5.69 Å². The van der Waals surface area contributed by atoms with Crippen LogP contribution >= 0.6 is 0 Å². The molecule has 2 bridgehead atoms. The third kappa shape index (κ3) is 7.61. The number of oxazole rings is 1. The summed E-state index contributed by atoms with van der Waals surface area (Å²) in [6, 6.07) is 13.4. The molecule has 1 aliphatic heterocycles. The maximum atomic E-state index is 13.7. The number of nitrogens with zero attached hydrogens (tertiary/aromatic N) is 2. The van der Waals surface area contributed by atoms with Gasteiger partial charge in [0.05, 0.1) is 5.52 Å². The van der Waals surface area contributed by atoms with Crippen molar-refractivity contribution in [1.82, 2.24) is 36.2 Å². The third-order valence-corrected chi connectivity index (χ3v) is 7.58. The van der Waals surface area contributed by atoms with E-state index in [1.165, 1.54) is 6.26 Å². The van der Waals surface area contributed by atoms with E-state index >= 15 is 0 Å². The van der Waals surface area contributed by atoms with Crippen LogP contribution < -0.4 is 27.0 Å². The van der Waals surface area contributed by atoms with Gasteiger partial charge in [-0.15, -0.1) is 0 Å². The van der Waals surface area contributed by atoms with Gasteiger partial charge < -0.3 is 30.7 Å². The Kier molecular flexibility index (Phi) is 9.66. The number of H-pyrrole nitrogens is 1. The van der Waals surface area contributed by atoms with Crippen LogP contribution in [0.25, 0.3) is 10.9 Å². The molecule has 5 rings (SSSR count). The molecule has 0 saturated carbocycles. The Balaban J connectivity index is 1.42. The molecule has 0 unspecified atom stereocenters. The van der Waals surface area contributed by atoms with Crippen molar-refractivity contribution in [3.05, 3.63) is 94.2 Å². The number of rotatable bonds is 5. The first-order valence-electron chi connectivity index (χ1n) is 14.9. The largest absolute Gasteiger partial charge is 0.446 e. The second-order valence-corrected chi connectivity index (χ2v) is 11.3. The number of amides is 4. The van der Waals surface area contributed by atoms with Crippen molar-refractivity contribution in [2.24, 2.45) is 5.92 Å². The number of hydrogen-bond donors (Lipinski definition) is 5. The van der Waals surface area contributed by atoms with Crippen molar-refractivity contribution >= 4 is 34.5 Å². The molecular formula is C32H35N7O6. The number of benzene rings is 2. The summed E-state index contributed by atoms with van der Waals surface area (Å²) in [5.41, 5.74) is 0.598. The van der Waals surface area contributed by atoms with E-state index < -0.39 is 47.4 Å². The zero-order chi connectivity index (χ0) is 31.9. The molecule has 4 aromatic rings. The Hall–Kier alpha value is -5.33. The van der Waals surface area contributed by atoms with E-state index in [9.17, 15) is 24.0 Å². The average molecular weight is 614 g/mol. The highest BCUT2D eigenvalue weighted by Crippen LogP contribution is 2.20. The molecule has 13 nitrogen and oxygen atoms in total. The van der Waals surface area contributed by atoms with E-state index in [1.807, 2.05) is 30.3 Å². The third-order valence-electron chi connectivity index (χ3n) is 7.58. The lowest BCUT2D eigenvalue weighted by Crippen LogP contribution is -2.56. The molecule has 45 heavy (non-hydrogen) atoms. The molecule has 2 aromatic heterocycles. The molecule has 1 aliphatic rings. The highest BCUT2D eigenvalue weighted by molar-refractivity contribution is 6.05. The van der Waals surface area contributed by atoms with E-state index in [-0.39, 0.29) is 29.6 Å². The SMILES string of the molecule is CC(C)[C@@H]1NC(=O)[C@@H](NC(=O)c2nc(=O)[nH]c3ccccc23)CCCCNC(=O)c2coc(n2)[C@@H](Cc2ccccc2)NC1=O. The molecule has 5 N–H and O–H groups in total. The van der Waals surface area contributed by atoms with Crippen molar-refractivity contribution in [3.8, 4) is 0 Å². The summed E-state index contributed by atoms with van der Waals surface area (Å²) in [7, 11) is 0. The molecule has 0 fully saturated rings. The first-order chi connectivity index (χ1) is 21.7. The lowest BCUT2D eigenvalue weighted by atomic mass is 10.00. The molecule has 4 amide bonds. The molecule has 234 valence electrons. The fourth-order valence-electron chi connectivity index (χ4n) is 5.19. The van der Waals surface area contributed by atoms with E-state index in [1.54, 1.807) is 38.1 Å². The monoisotopic (exact) mass is 613 g/mol. The van der Waals surface area contributed by atoms with Crippen molar-refractivity contribution in [2.75, 3.05) is 6.54 Å². The van der Waals surface area contributed by atoms with Crippen LogP contribution in [0.15, 0.2) is 70.1 Å². The van der Waals surface area contributed by atoms with Gasteiger partial charge in [0.1, 0.15) is 30.1 Å². The zero-order valence-corrected chi connectivity index (χ0v) is 25.0. The summed E-state index contributed by atoms with van der Waals surface area (Å²) in [6.45, 7) is 3.88. The first-order valence-corrected chi connectivity index (χ1v) is 14.9. The Labute approximate surface area is 258 Å². The van der Waals surface area contributed by atoms with Gasteiger partial charge in [-0.25, -0.2) is 9.78 Å². The molecule has 13 heteroatoms. The van der Waals surface area contributed by atoms with Gasteiger partial charge in [-0.3, -0.25) is 19.2 Å². The van der Waals surface area contributed by atoms with Crippen molar-refractivity contribution in [2.45, 2.75) is 57.7 Å². The van der Waals surface area contributed by atoms with Gasteiger partial charge in [-0.2, -0.15) is 4.98 Å². The smallest absolute Gasteiger partial charge is 0.346 e. The fourth-order valence-corrected chi connectivity index (χ4v) is 5.19. The zero-order valence-electron chi connectivity index (χ0n) is 25.0. The predicted octanol–water partition coefficient (Wildman–Crippen LogP) is 2.16. The quantitative estimate of drug-likeness (QED) is 0.226. The minimum atomic E-state index is -1.05. The van der Waals surface area contributed by atoms with Gasteiger partial charge in [-0.05, 0) is 36.8 Å². The maximum absolute atomic E-state index is 13.7. The van der Waals surface area contributed by atoms with Crippen LogP contribution in [-0.4, -0.2) is 57.2 Å². The minimum absolute atomic E-state index is 0.0841. The average Bonchev–Trinajstić information content (AvgIpc) is 3.52. The van der Waals surface area contributed by atoms with Crippen LogP contribution in [0.3, 0.4) is 0 Å². The molecule has 2 aromatic carbocycles. The van der Waals surface area contributed by atoms with Crippen LogP contribution in [0.4, 0.5) is 0 Å². The Morgan fingerprint density at radius 2 is 1.71 bits per heavy atom. The van der Waals surface area contributed by atoms with E-state index in [4.69, 9.17) is 4.42 Å². The molecule has 0 spiro atoms. The topological polar surface area (TPSA) is 188 Å². The number of aromatic amines is 1. The predicted molar refractivity (Wildman–Crippen MR) is 164 cm³/mol. The summed E-state index contributed by atoms with van der Waals surface area (Å²) in [5, 5.41) is 11.7. The first kappa shape index (κ1) is 31.1.